The van der Waals surface area contributed by atoms with Crippen LogP contribution >= 0.6 is 0 Å². The maximum Gasteiger partial charge on any atom is 0.311 e. The van der Waals surface area contributed by atoms with Crippen LogP contribution in [-0.2, 0) is 14.9 Å². The number of benzene rings is 1. The van der Waals surface area contributed by atoms with E-state index in [1.54, 1.807) is 4.90 Å². The fourth-order valence-corrected chi connectivity index (χ4v) is 3.47. The van der Waals surface area contributed by atoms with Crippen LogP contribution in [0.4, 0.5) is 11.5 Å². The SMILES string of the molecule is O=C(O)C1CCN(c2nc(Oc3ccc(S(=O)(=O)O)cc3)ccc2[N+](=O)[O-])CC1. The van der Waals surface area contributed by atoms with Gasteiger partial charge in [-0.1, -0.05) is 0 Å². The van der Waals surface area contributed by atoms with Gasteiger partial charge in [-0.25, -0.2) is 0 Å². The summed E-state index contributed by atoms with van der Waals surface area (Å²) in [7, 11) is -4.33. The number of aliphatic carboxylic acids is 1. The van der Waals surface area contributed by atoms with Crippen LogP contribution in [0.3, 0.4) is 0 Å². The van der Waals surface area contributed by atoms with E-state index in [4.69, 9.17) is 14.4 Å². The predicted octanol–water partition coefficient (Wildman–Crippen LogP) is 2.33. The highest BCUT2D eigenvalue weighted by Gasteiger charge is 2.29. The Hall–Kier alpha value is -3.25. The van der Waals surface area contributed by atoms with Gasteiger partial charge in [-0.3, -0.25) is 19.5 Å². The van der Waals surface area contributed by atoms with E-state index < -0.39 is 26.9 Å². The average Bonchev–Trinajstić information content (AvgIpc) is 2.67. The highest BCUT2D eigenvalue weighted by atomic mass is 32.2. The summed E-state index contributed by atoms with van der Waals surface area (Å²) in [6, 6.07) is 7.46. The highest BCUT2D eigenvalue weighted by Crippen LogP contribution is 2.33. The standard InChI is InChI=1S/C17H17N3O8S/c21-17(22)11-7-9-19(10-8-11)16-14(20(23)24)5-6-15(18-16)28-12-1-3-13(4-2-12)29(25,26)27/h1-6,11H,7-10H2,(H,21,22)(H,25,26,27). The van der Waals surface area contributed by atoms with Gasteiger partial charge in [0.2, 0.25) is 11.7 Å². The molecule has 2 N–H and O–H groups in total. The molecular formula is C17H17N3O8S. The highest BCUT2D eigenvalue weighted by molar-refractivity contribution is 7.85. The normalized spacial score (nSPS) is 15.1. The molecule has 0 aliphatic carbocycles. The molecule has 11 nitrogen and oxygen atoms in total. The smallest absolute Gasteiger partial charge is 0.311 e. The number of nitrogens with zero attached hydrogens (tertiary/aromatic N) is 3. The summed E-state index contributed by atoms with van der Waals surface area (Å²) in [6.45, 7) is 0.606. The first-order chi connectivity index (χ1) is 13.6. The van der Waals surface area contributed by atoms with E-state index in [0.29, 0.717) is 25.9 Å². The second-order valence-electron chi connectivity index (χ2n) is 6.40. The predicted molar refractivity (Wildman–Crippen MR) is 99.8 cm³/mol. The van der Waals surface area contributed by atoms with Crippen LogP contribution in [0.2, 0.25) is 0 Å². The number of carboxylic acid groups (broad SMARTS) is 1. The number of anilines is 1. The Morgan fingerprint density at radius 1 is 1.17 bits per heavy atom. The lowest BCUT2D eigenvalue weighted by Crippen LogP contribution is -2.37. The van der Waals surface area contributed by atoms with Crippen molar-refractivity contribution in [1.29, 1.82) is 0 Å². The molecule has 0 amide bonds. The Morgan fingerprint density at radius 2 is 1.79 bits per heavy atom. The van der Waals surface area contributed by atoms with Crippen LogP contribution in [0.25, 0.3) is 0 Å². The summed E-state index contributed by atoms with van der Waals surface area (Å²) in [5.74, 6) is -1.05. The molecule has 3 rings (SSSR count). The van der Waals surface area contributed by atoms with Crippen molar-refractivity contribution in [3.05, 3.63) is 46.5 Å². The molecule has 154 valence electrons. The first-order valence-electron chi connectivity index (χ1n) is 8.54. The monoisotopic (exact) mass is 423 g/mol. The number of pyridine rings is 1. The van der Waals surface area contributed by atoms with Gasteiger partial charge < -0.3 is 14.7 Å². The molecule has 1 aliphatic rings. The summed E-state index contributed by atoms with van der Waals surface area (Å²) in [5, 5.41) is 20.5. The molecule has 0 bridgehead atoms. The Kier molecular flexibility index (Phi) is 5.66. The van der Waals surface area contributed by atoms with Crippen LogP contribution in [0.5, 0.6) is 11.6 Å². The number of rotatable bonds is 6. The number of nitro groups is 1. The van der Waals surface area contributed by atoms with Gasteiger partial charge in [0.15, 0.2) is 0 Å². The van der Waals surface area contributed by atoms with Gasteiger partial charge in [0.05, 0.1) is 15.7 Å². The lowest BCUT2D eigenvalue weighted by Gasteiger charge is -2.30. The van der Waals surface area contributed by atoms with Crippen molar-refractivity contribution < 1.29 is 32.5 Å². The zero-order valence-electron chi connectivity index (χ0n) is 15.0. The zero-order chi connectivity index (χ0) is 21.2. The van der Waals surface area contributed by atoms with Crippen LogP contribution in [-0.4, -0.2) is 47.0 Å². The van der Waals surface area contributed by atoms with Crippen molar-refractivity contribution in [3.63, 3.8) is 0 Å². The number of carboxylic acids is 1. The van der Waals surface area contributed by atoms with Crippen molar-refractivity contribution in [3.8, 4) is 11.6 Å². The Bertz CT molecular complexity index is 1030. The largest absolute Gasteiger partial charge is 0.481 e. The molecule has 1 aliphatic heterocycles. The Morgan fingerprint density at radius 3 is 2.31 bits per heavy atom. The molecule has 1 aromatic heterocycles. The third kappa shape index (κ3) is 4.78. The molecular weight excluding hydrogens is 406 g/mol. The first-order valence-corrected chi connectivity index (χ1v) is 9.98. The fourth-order valence-electron chi connectivity index (χ4n) is 2.99. The molecule has 1 aromatic carbocycles. The number of piperidine rings is 1. The summed E-state index contributed by atoms with van der Waals surface area (Å²) >= 11 is 0. The minimum atomic E-state index is -4.33. The second-order valence-corrected chi connectivity index (χ2v) is 7.82. The third-order valence-electron chi connectivity index (χ3n) is 4.51. The van der Waals surface area contributed by atoms with E-state index in [0.717, 1.165) is 12.1 Å². The quantitative estimate of drug-likeness (QED) is 0.401. The Labute approximate surface area is 165 Å². The molecule has 2 heterocycles. The van der Waals surface area contributed by atoms with Gasteiger partial charge >= 0.3 is 11.7 Å². The molecule has 12 heteroatoms. The average molecular weight is 423 g/mol. The number of hydrogen-bond donors (Lipinski definition) is 2. The topological polar surface area (TPSA) is 160 Å². The van der Waals surface area contributed by atoms with Crippen LogP contribution < -0.4 is 9.64 Å². The molecule has 2 aromatic rings. The Balaban J connectivity index is 1.83. The number of carbonyl (C=O) groups is 1. The summed E-state index contributed by atoms with van der Waals surface area (Å²) < 4.78 is 36.7. The van der Waals surface area contributed by atoms with Crippen LogP contribution in [0.15, 0.2) is 41.3 Å². The second kappa shape index (κ2) is 8.01. The van der Waals surface area contributed by atoms with Crippen molar-refractivity contribution in [1.82, 2.24) is 4.98 Å². The number of hydrogen-bond acceptors (Lipinski definition) is 8. The summed E-state index contributed by atoms with van der Waals surface area (Å²) in [5.41, 5.74) is -0.229. The van der Waals surface area contributed by atoms with E-state index in [-0.39, 0.29) is 28.0 Å². The molecule has 29 heavy (non-hydrogen) atoms. The number of aromatic nitrogens is 1. The van der Waals surface area contributed by atoms with Crippen LogP contribution in [0.1, 0.15) is 12.8 Å². The van der Waals surface area contributed by atoms with Crippen molar-refractivity contribution in [2.75, 3.05) is 18.0 Å². The van der Waals surface area contributed by atoms with E-state index in [2.05, 4.69) is 4.98 Å². The van der Waals surface area contributed by atoms with Gasteiger partial charge in [-0.2, -0.15) is 13.4 Å². The molecule has 1 fully saturated rings. The van der Waals surface area contributed by atoms with Gasteiger partial charge in [-0.15, -0.1) is 0 Å². The van der Waals surface area contributed by atoms with Crippen molar-refractivity contribution in [2.45, 2.75) is 17.7 Å². The summed E-state index contributed by atoms with van der Waals surface area (Å²) in [6.07, 6.45) is 0.687. The maximum absolute atomic E-state index is 11.4. The lowest BCUT2D eigenvalue weighted by atomic mass is 9.97. The number of ether oxygens (including phenoxy) is 1. The summed E-state index contributed by atoms with van der Waals surface area (Å²) in [4.78, 5) is 27.4. The molecule has 0 atom stereocenters. The van der Waals surface area contributed by atoms with E-state index >= 15 is 0 Å². The lowest BCUT2D eigenvalue weighted by molar-refractivity contribution is -0.384. The first kappa shape index (κ1) is 20.5. The minimum absolute atomic E-state index is 0.0468. The molecule has 0 radical (unpaired) electrons. The molecule has 0 spiro atoms. The van der Waals surface area contributed by atoms with Crippen molar-refractivity contribution >= 4 is 27.6 Å². The van der Waals surface area contributed by atoms with Crippen LogP contribution in [0, 0.1) is 16.0 Å². The van der Waals surface area contributed by atoms with E-state index in [1.807, 2.05) is 0 Å². The third-order valence-corrected chi connectivity index (χ3v) is 5.38. The molecule has 0 unspecified atom stereocenters. The molecule has 1 saturated heterocycles. The van der Waals surface area contributed by atoms with E-state index in [1.165, 1.54) is 24.3 Å². The maximum atomic E-state index is 11.4. The minimum Gasteiger partial charge on any atom is -0.481 e. The van der Waals surface area contributed by atoms with Gasteiger partial charge in [0.25, 0.3) is 10.1 Å². The van der Waals surface area contributed by atoms with Gasteiger partial charge in [0.1, 0.15) is 5.75 Å². The van der Waals surface area contributed by atoms with Crippen molar-refractivity contribution in [2.24, 2.45) is 5.92 Å². The van der Waals surface area contributed by atoms with Gasteiger partial charge in [0, 0.05) is 25.2 Å². The zero-order valence-corrected chi connectivity index (χ0v) is 15.8. The van der Waals surface area contributed by atoms with E-state index in [9.17, 15) is 23.3 Å². The fraction of sp³-hybridized carbons (Fsp3) is 0.294. The molecule has 0 saturated carbocycles. The van der Waals surface area contributed by atoms with Gasteiger partial charge in [-0.05, 0) is 37.1 Å².